The first-order chi connectivity index (χ1) is 8.99. The number of aromatic nitrogens is 1. The normalized spacial score (nSPS) is 10.3. The van der Waals surface area contributed by atoms with Crippen LogP contribution in [0.5, 0.6) is 0 Å². The van der Waals surface area contributed by atoms with Crippen LogP contribution in [0.2, 0.25) is 0 Å². The van der Waals surface area contributed by atoms with Crippen molar-refractivity contribution in [3.63, 3.8) is 0 Å². The summed E-state index contributed by atoms with van der Waals surface area (Å²) in [7, 11) is 0. The molecule has 98 valence electrons. The van der Waals surface area contributed by atoms with Gasteiger partial charge in [0.05, 0.1) is 0 Å². The van der Waals surface area contributed by atoms with E-state index in [0.29, 0.717) is 5.69 Å². The molecule has 0 bridgehead atoms. The molecule has 0 amide bonds. The van der Waals surface area contributed by atoms with Gasteiger partial charge in [0.1, 0.15) is 5.56 Å². The summed E-state index contributed by atoms with van der Waals surface area (Å²) in [6.45, 7) is 3.92. The van der Waals surface area contributed by atoms with Crippen molar-refractivity contribution in [2.45, 2.75) is 13.8 Å². The van der Waals surface area contributed by atoms with Crippen LogP contribution in [0.4, 0.5) is 15.9 Å². The summed E-state index contributed by atoms with van der Waals surface area (Å²) in [5.41, 5.74) is 2.44. The van der Waals surface area contributed by atoms with Gasteiger partial charge in [-0.1, -0.05) is 6.07 Å². The quantitative estimate of drug-likeness (QED) is 0.889. The van der Waals surface area contributed by atoms with E-state index < -0.39 is 17.3 Å². The van der Waals surface area contributed by atoms with Gasteiger partial charge in [-0.3, -0.25) is 0 Å². The molecule has 0 unspecified atom stereocenters. The molecule has 4 nitrogen and oxygen atoms in total. The number of anilines is 2. The fourth-order valence-electron chi connectivity index (χ4n) is 1.65. The Morgan fingerprint density at radius 2 is 2.00 bits per heavy atom. The van der Waals surface area contributed by atoms with Crippen LogP contribution in [0.15, 0.2) is 30.5 Å². The van der Waals surface area contributed by atoms with Crippen molar-refractivity contribution < 1.29 is 14.3 Å². The molecule has 5 heteroatoms. The van der Waals surface area contributed by atoms with Crippen LogP contribution < -0.4 is 5.32 Å². The fourth-order valence-corrected chi connectivity index (χ4v) is 1.65. The number of hydrogen-bond donors (Lipinski definition) is 2. The average Bonchev–Trinajstić information content (AvgIpc) is 2.36. The van der Waals surface area contributed by atoms with E-state index in [-0.39, 0.29) is 5.82 Å². The molecular formula is C14H13FN2O2. The number of nitrogens with zero attached hydrogens (tertiary/aromatic N) is 1. The minimum atomic E-state index is -1.32. The van der Waals surface area contributed by atoms with Crippen molar-refractivity contribution in [2.24, 2.45) is 0 Å². The first-order valence-electron chi connectivity index (χ1n) is 5.71. The number of carboxylic acid groups (broad SMARTS) is 1. The molecule has 2 N–H and O–H groups in total. The maximum Gasteiger partial charge on any atom is 0.338 e. The number of aromatic carboxylic acids is 1. The molecule has 0 aliphatic rings. The van der Waals surface area contributed by atoms with Gasteiger partial charge in [0.2, 0.25) is 0 Å². The third-order valence-electron chi connectivity index (χ3n) is 2.89. The second-order valence-corrected chi connectivity index (χ2v) is 4.25. The predicted molar refractivity (Wildman–Crippen MR) is 70.4 cm³/mol. The number of pyridine rings is 1. The van der Waals surface area contributed by atoms with Crippen LogP contribution in [-0.4, -0.2) is 16.1 Å². The number of nitrogens with one attached hydrogen (secondary N) is 1. The average molecular weight is 260 g/mol. The van der Waals surface area contributed by atoms with Gasteiger partial charge in [-0.25, -0.2) is 14.2 Å². The smallest absolute Gasteiger partial charge is 0.338 e. The molecule has 0 saturated heterocycles. The first kappa shape index (κ1) is 13.0. The third-order valence-corrected chi connectivity index (χ3v) is 2.89. The zero-order chi connectivity index (χ0) is 14.0. The number of carbonyl (C=O) groups is 1. The molecule has 0 fully saturated rings. The number of rotatable bonds is 3. The largest absolute Gasteiger partial charge is 0.478 e. The third kappa shape index (κ3) is 2.70. The molecule has 0 saturated carbocycles. The highest BCUT2D eigenvalue weighted by Crippen LogP contribution is 2.21. The fraction of sp³-hybridized carbons (Fsp3) is 0.143. The van der Waals surface area contributed by atoms with Crippen molar-refractivity contribution in [3.8, 4) is 0 Å². The molecule has 19 heavy (non-hydrogen) atoms. The Balaban J connectivity index is 2.35. The molecular weight excluding hydrogens is 247 g/mol. The van der Waals surface area contributed by atoms with Gasteiger partial charge in [0.15, 0.2) is 11.6 Å². The zero-order valence-corrected chi connectivity index (χ0v) is 10.6. The second kappa shape index (κ2) is 5.06. The number of aryl methyl sites for hydroxylation is 2. The number of hydrogen-bond acceptors (Lipinski definition) is 3. The minimum absolute atomic E-state index is 0.0943. The van der Waals surface area contributed by atoms with E-state index in [2.05, 4.69) is 10.3 Å². The lowest BCUT2D eigenvalue weighted by Gasteiger charge is -2.09. The van der Waals surface area contributed by atoms with E-state index in [9.17, 15) is 9.18 Å². The molecule has 1 heterocycles. The maximum atomic E-state index is 13.9. The van der Waals surface area contributed by atoms with Gasteiger partial charge in [0, 0.05) is 11.9 Å². The van der Waals surface area contributed by atoms with Gasteiger partial charge in [0.25, 0.3) is 0 Å². The summed E-state index contributed by atoms with van der Waals surface area (Å²) in [5.74, 6) is -2.28. The highest BCUT2D eigenvalue weighted by atomic mass is 19.1. The predicted octanol–water partition coefficient (Wildman–Crippen LogP) is 3.28. The molecule has 2 rings (SSSR count). The van der Waals surface area contributed by atoms with Crippen LogP contribution in [0.25, 0.3) is 0 Å². The van der Waals surface area contributed by atoms with Crippen molar-refractivity contribution in [1.82, 2.24) is 4.98 Å². The second-order valence-electron chi connectivity index (χ2n) is 4.25. The Hall–Kier alpha value is -2.43. The number of benzene rings is 1. The molecule has 0 radical (unpaired) electrons. The van der Waals surface area contributed by atoms with E-state index in [0.717, 1.165) is 17.2 Å². The monoisotopic (exact) mass is 260 g/mol. The molecule has 0 spiro atoms. The van der Waals surface area contributed by atoms with Crippen molar-refractivity contribution in [1.29, 1.82) is 0 Å². The Labute approximate surface area is 109 Å². The highest BCUT2D eigenvalue weighted by molar-refractivity contribution is 5.89. The van der Waals surface area contributed by atoms with Gasteiger partial charge in [-0.05, 0) is 43.2 Å². The maximum absolute atomic E-state index is 13.9. The van der Waals surface area contributed by atoms with E-state index >= 15 is 0 Å². The Kier molecular flexibility index (Phi) is 3.46. The van der Waals surface area contributed by atoms with Crippen molar-refractivity contribution in [2.75, 3.05) is 5.32 Å². The van der Waals surface area contributed by atoms with Crippen molar-refractivity contribution in [3.05, 3.63) is 53.0 Å². The first-order valence-corrected chi connectivity index (χ1v) is 5.71. The molecule has 0 aliphatic heterocycles. The lowest BCUT2D eigenvalue weighted by molar-refractivity contribution is 0.0692. The van der Waals surface area contributed by atoms with E-state index in [1.54, 1.807) is 6.07 Å². The number of carboxylic acids is 1. The number of halogens is 1. The van der Waals surface area contributed by atoms with Crippen LogP contribution in [-0.2, 0) is 0 Å². The summed E-state index contributed by atoms with van der Waals surface area (Å²) in [5, 5.41) is 11.6. The Bertz CT molecular complexity index is 641. The lowest BCUT2D eigenvalue weighted by atomic mass is 10.1. The lowest BCUT2D eigenvalue weighted by Crippen LogP contribution is -2.05. The van der Waals surface area contributed by atoms with E-state index in [4.69, 9.17) is 5.11 Å². The molecule has 1 aromatic heterocycles. The zero-order valence-electron chi connectivity index (χ0n) is 10.6. The molecule has 0 atom stereocenters. The van der Waals surface area contributed by atoms with Gasteiger partial charge in [-0.2, -0.15) is 0 Å². The van der Waals surface area contributed by atoms with Gasteiger partial charge >= 0.3 is 5.97 Å². The van der Waals surface area contributed by atoms with Crippen molar-refractivity contribution >= 4 is 17.5 Å². The minimum Gasteiger partial charge on any atom is -0.478 e. The van der Waals surface area contributed by atoms with Gasteiger partial charge < -0.3 is 10.4 Å². The summed E-state index contributed by atoms with van der Waals surface area (Å²) in [4.78, 5) is 14.6. The summed E-state index contributed by atoms with van der Waals surface area (Å²) in [6, 6.07) is 6.67. The van der Waals surface area contributed by atoms with Crippen LogP contribution in [0, 0.1) is 19.7 Å². The van der Waals surface area contributed by atoms with Crippen LogP contribution >= 0.6 is 0 Å². The van der Waals surface area contributed by atoms with Crippen LogP contribution in [0.3, 0.4) is 0 Å². The molecule has 1 aromatic carbocycles. The molecule has 0 aliphatic carbocycles. The standard InChI is InChI=1S/C14H13FN2O2/c1-8-3-4-10(7-9(8)2)17-13-12(15)11(14(18)19)5-6-16-13/h3-7H,1-2H3,(H,16,17)(H,18,19). The van der Waals surface area contributed by atoms with E-state index in [1.165, 1.54) is 6.20 Å². The highest BCUT2D eigenvalue weighted by Gasteiger charge is 2.15. The summed E-state index contributed by atoms with van der Waals surface area (Å²) < 4.78 is 13.9. The summed E-state index contributed by atoms with van der Waals surface area (Å²) >= 11 is 0. The van der Waals surface area contributed by atoms with Crippen LogP contribution in [0.1, 0.15) is 21.5 Å². The Morgan fingerprint density at radius 1 is 1.26 bits per heavy atom. The Morgan fingerprint density at radius 3 is 2.63 bits per heavy atom. The van der Waals surface area contributed by atoms with Gasteiger partial charge in [-0.15, -0.1) is 0 Å². The molecule has 2 aromatic rings. The topological polar surface area (TPSA) is 62.2 Å². The van der Waals surface area contributed by atoms with E-state index in [1.807, 2.05) is 26.0 Å². The summed E-state index contributed by atoms with van der Waals surface area (Å²) in [6.07, 6.45) is 1.26. The SMILES string of the molecule is Cc1ccc(Nc2nccc(C(=O)O)c2F)cc1C.